The zero-order chi connectivity index (χ0) is 18.9. The van der Waals surface area contributed by atoms with Crippen molar-refractivity contribution in [3.8, 4) is 11.5 Å². The van der Waals surface area contributed by atoms with Crippen molar-refractivity contribution in [1.82, 2.24) is 10.2 Å². The number of hydrogen-bond acceptors (Lipinski definition) is 5. The maximum Gasteiger partial charge on any atom is 0.318 e. The Bertz CT molecular complexity index is 766. The molecule has 3 rings (SSSR count). The smallest absolute Gasteiger partial charge is 0.318 e. The monoisotopic (exact) mass is 382 g/mol. The second kappa shape index (κ2) is 7.34. The molecule has 2 heterocycles. The largest absolute Gasteiger partial charge is 0.493 e. The van der Waals surface area contributed by atoms with E-state index < -0.39 is 9.84 Å². The fourth-order valence-electron chi connectivity index (χ4n) is 4.07. The lowest BCUT2D eigenvalue weighted by Gasteiger charge is -2.38. The predicted molar refractivity (Wildman–Crippen MR) is 98.3 cm³/mol. The van der Waals surface area contributed by atoms with Crippen molar-refractivity contribution >= 4 is 15.9 Å². The van der Waals surface area contributed by atoms with Crippen molar-refractivity contribution in [3.05, 3.63) is 23.8 Å². The molecule has 1 N–H and O–H groups in total. The highest BCUT2D eigenvalue weighted by Crippen LogP contribution is 2.38. The highest BCUT2D eigenvalue weighted by Gasteiger charge is 2.45. The van der Waals surface area contributed by atoms with E-state index in [9.17, 15) is 13.2 Å². The number of nitrogens with zero attached hydrogens (tertiary/aromatic N) is 1. The van der Waals surface area contributed by atoms with Crippen LogP contribution in [-0.4, -0.2) is 57.2 Å². The van der Waals surface area contributed by atoms with E-state index in [0.717, 1.165) is 18.4 Å². The molecule has 1 aromatic carbocycles. The van der Waals surface area contributed by atoms with Crippen molar-refractivity contribution in [2.24, 2.45) is 0 Å². The quantitative estimate of drug-likeness (QED) is 0.841. The average molecular weight is 382 g/mol. The average Bonchev–Trinajstić information content (AvgIpc) is 2.87. The van der Waals surface area contributed by atoms with Gasteiger partial charge in [-0.25, -0.2) is 13.2 Å². The van der Waals surface area contributed by atoms with Crippen LogP contribution in [0.4, 0.5) is 4.79 Å². The number of nitrogens with one attached hydrogen (secondary N) is 1. The summed E-state index contributed by atoms with van der Waals surface area (Å²) in [6.45, 7) is 0.380. The van der Waals surface area contributed by atoms with E-state index in [1.807, 2.05) is 23.1 Å². The Labute approximate surface area is 154 Å². The molecule has 2 amide bonds. The number of hydrogen-bond donors (Lipinski definition) is 1. The Morgan fingerprint density at radius 2 is 1.77 bits per heavy atom. The van der Waals surface area contributed by atoms with Gasteiger partial charge in [0.1, 0.15) is 9.84 Å². The summed E-state index contributed by atoms with van der Waals surface area (Å²) in [7, 11) is 0.0972. The summed E-state index contributed by atoms with van der Waals surface area (Å²) in [5.41, 5.74) is 0.911. The fourth-order valence-corrected chi connectivity index (χ4v) is 5.21. The topological polar surface area (TPSA) is 84.9 Å². The van der Waals surface area contributed by atoms with Gasteiger partial charge in [0.05, 0.1) is 19.5 Å². The lowest BCUT2D eigenvalue weighted by atomic mass is 10.0. The van der Waals surface area contributed by atoms with E-state index in [1.54, 1.807) is 14.2 Å². The first-order valence-corrected chi connectivity index (χ1v) is 10.7. The first-order valence-electron chi connectivity index (χ1n) is 8.79. The molecule has 2 unspecified atom stereocenters. The summed E-state index contributed by atoms with van der Waals surface area (Å²) in [5.74, 6) is 1.26. The fraction of sp³-hybridized carbons (Fsp3) is 0.611. The summed E-state index contributed by atoms with van der Waals surface area (Å²) >= 11 is 0. The van der Waals surface area contributed by atoms with E-state index in [2.05, 4.69) is 5.32 Å². The van der Waals surface area contributed by atoms with Crippen LogP contribution in [0.1, 0.15) is 31.2 Å². The lowest BCUT2D eigenvalue weighted by Crippen LogP contribution is -2.52. The number of carbonyl (C=O) groups excluding carboxylic acids is 1. The number of sulfone groups is 1. The standard InChI is InChI=1S/C18H26N2O5S/c1-24-16-7-4-12(8-17(16)25-2)11-19-18(21)20-13-5-6-14(20)10-15(9-13)26(3,22)23/h4,7-8,13-15H,5-6,9-11H2,1-3H3,(H,19,21). The van der Waals surface area contributed by atoms with Crippen molar-refractivity contribution in [1.29, 1.82) is 0 Å². The summed E-state index contributed by atoms with van der Waals surface area (Å²) in [6, 6.07) is 5.43. The normalized spacial score (nSPS) is 25.0. The van der Waals surface area contributed by atoms with Gasteiger partial charge in [0.2, 0.25) is 0 Å². The molecule has 26 heavy (non-hydrogen) atoms. The molecule has 0 aliphatic carbocycles. The number of carbonyl (C=O) groups is 1. The summed E-state index contributed by atoms with van der Waals surface area (Å²) in [6.07, 6.45) is 4.13. The van der Waals surface area contributed by atoms with Gasteiger partial charge < -0.3 is 19.7 Å². The third kappa shape index (κ3) is 3.75. The highest BCUT2D eigenvalue weighted by atomic mass is 32.2. The molecule has 144 valence electrons. The molecule has 8 heteroatoms. The molecule has 0 spiro atoms. The Balaban J connectivity index is 1.63. The van der Waals surface area contributed by atoms with E-state index >= 15 is 0 Å². The van der Waals surface area contributed by atoms with Crippen LogP contribution in [0.3, 0.4) is 0 Å². The number of urea groups is 1. The molecule has 0 radical (unpaired) electrons. The minimum atomic E-state index is -3.05. The minimum absolute atomic E-state index is 0.0129. The maximum atomic E-state index is 12.7. The van der Waals surface area contributed by atoms with Gasteiger partial charge in [0, 0.05) is 24.9 Å². The number of rotatable bonds is 5. The number of fused-ring (bicyclic) bond motifs is 2. The molecule has 2 aliphatic heterocycles. The van der Waals surface area contributed by atoms with Crippen LogP contribution in [0.2, 0.25) is 0 Å². The predicted octanol–water partition coefficient (Wildman–Crippen LogP) is 1.95. The molecule has 2 bridgehead atoms. The summed E-state index contributed by atoms with van der Waals surface area (Å²) in [4.78, 5) is 14.5. The number of amides is 2. The van der Waals surface area contributed by atoms with Crippen LogP contribution in [-0.2, 0) is 16.4 Å². The Morgan fingerprint density at radius 3 is 2.31 bits per heavy atom. The van der Waals surface area contributed by atoms with Gasteiger partial charge in [-0.3, -0.25) is 0 Å². The minimum Gasteiger partial charge on any atom is -0.493 e. The van der Waals surface area contributed by atoms with Crippen LogP contribution >= 0.6 is 0 Å². The highest BCUT2D eigenvalue weighted by molar-refractivity contribution is 7.91. The second-order valence-corrected chi connectivity index (χ2v) is 9.39. The van der Waals surface area contributed by atoms with E-state index in [1.165, 1.54) is 6.26 Å². The van der Waals surface area contributed by atoms with E-state index in [0.29, 0.717) is 30.9 Å². The van der Waals surface area contributed by atoms with Gasteiger partial charge in [-0.05, 0) is 43.4 Å². The Kier molecular flexibility index (Phi) is 5.32. The third-order valence-electron chi connectivity index (χ3n) is 5.42. The van der Waals surface area contributed by atoms with Crippen LogP contribution in [0.5, 0.6) is 11.5 Å². The van der Waals surface area contributed by atoms with Crippen molar-refractivity contribution < 1.29 is 22.7 Å². The molecule has 0 saturated carbocycles. The molecule has 2 saturated heterocycles. The van der Waals surface area contributed by atoms with Gasteiger partial charge in [0.15, 0.2) is 11.5 Å². The first kappa shape index (κ1) is 18.8. The van der Waals surface area contributed by atoms with Crippen LogP contribution in [0.15, 0.2) is 18.2 Å². The summed E-state index contributed by atoms with van der Waals surface area (Å²) in [5, 5.41) is 2.63. The number of methoxy groups -OCH3 is 2. The SMILES string of the molecule is COc1ccc(CNC(=O)N2C3CCC2CC(S(C)(=O)=O)C3)cc1OC. The number of benzene rings is 1. The van der Waals surface area contributed by atoms with E-state index in [4.69, 9.17) is 9.47 Å². The first-order chi connectivity index (χ1) is 12.3. The second-order valence-electron chi connectivity index (χ2n) is 7.06. The number of piperidine rings is 1. The van der Waals surface area contributed by atoms with E-state index in [-0.39, 0.29) is 23.4 Å². The molecule has 0 aromatic heterocycles. The summed E-state index contributed by atoms with van der Waals surface area (Å²) < 4.78 is 34.2. The van der Waals surface area contributed by atoms with Crippen molar-refractivity contribution in [2.75, 3.05) is 20.5 Å². The van der Waals surface area contributed by atoms with Crippen molar-refractivity contribution in [2.45, 2.75) is 49.6 Å². The molecule has 2 aliphatic rings. The Hall–Kier alpha value is -1.96. The zero-order valence-electron chi connectivity index (χ0n) is 15.4. The van der Waals surface area contributed by atoms with Crippen LogP contribution in [0, 0.1) is 0 Å². The number of ether oxygens (including phenoxy) is 2. The molecular weight excluding hydrogens is 356 g/mol. The van der Waals surface area contributed by atoms with Gasteiger partial charge >= 0.3 is 6.03 Å². The zero-order valence-corrected chi connectivity index (χ0v) is 16.2. The van der Waals surface area contributed by atoms with Crippen LogP contribution in [0.25, 0.3) is 0 Å². The third-order valence-corrected chi connectivity index (χ3v) is 7.02. The van der Waals surface area contributed by atoms with Gasteiger partial charge in [-0.15, -0.1) is 0 Å². The molecular formula is C18H26N2O5S. The molecule has 2 fully saturated rings. The molecule has 2 atom stereocenters. The van der Waals surface area contributed by atoms with Gasteiger partial charge in [0.25, 0.3) is 0 Å². The molecule has 7 nitrogen and oxygen atoms in total. The van der Waals surface area contributed by atoms with Gasteiger partial charge in [-0.2, -0.15) is 0 Å². The van der Waals surface area contributed by atoms with Crippen molar-refractivity contribution in [3.63, 3.8) is 0 Å². The Morgan fingerprint density at radius 1 is 1.15 bits per heavy atom. The lowest BCUT2D eigenvalue weighted by molar-refractivity contribution is 0.147. The molecule has 1 aromatic rings. The van der Waals surface area contributed by atoms with Gasteiger partial charge in [-0.1, -0.05) is 6.07 Å². The maximum absolute atomic E-state index is 12.7. The van der Waals surface area contributed by atoms with Crippen LogP contribution < -0.4 is 14.8 Å².